The van der Waals surface area contributed by atoms with Crippen molar-refractivity contribution >= 4 is 11.9 Å². The molecule has 0 aromatic heterocycles. The van der Waals surface area contributed by atoms with Crippen molar-refractivity contribution in [2.24, 2.45) is 29.6 Å². The number of carbonyl (C=O) groups is 2. The summed E-state index contributed by atoms with van der Waals surface area (Å²) in [5.41, 5.74) is 0. The SMILES string of the molecule is CCC1CC(C(=O)O)C(C(=O)NCC(C)C(C)C)C1. The minimum absolute atomic E-state index is 0.0733. The van der Waals surface area contributed by atoms with E-state index in [0.29, 0.717) is 30.7 Å². The molecule has 0 saturated heterocycles. The average Bonchev–Trinajstić information content (AvgIpc) is 2.79. The molecule has 0 spiro atoms. The molecule has 19 heavy (non-hydrogen) atoms. The highest BCUT2D eigenvalue weighted by Crippen LogP contribution is 2.38. The van der Waals surface area contributed by atoms with Crippen LogP contribution in [0.5, 0.6) is 0 Å². The Bertz CT molecular complexity index is 327. The fraction of sp³-hybridized carbons (Fsp3) is 0.867. The van der Waals surface area contributed by atoms with E-state index in [0.717, 1.165) is 12.8 Å². The number of hydrogen-bond donors (Lipinski definition) is 2. The van der Waals surface area contributed by atoms with Crippen LogP contribution in [-0.2, 0) is 9.59 Å². The first-order chi connectivity index (χ1) is 8.86. The van der Waals surface area contributed by atoms with E-state index in [9.17, 15) is 14.7 Å². The molecule has 1 aliphatic carbocycles. The summed E-state index contributed by atoms with van der Waals surface area (Å²) in [5, 5.41) is 12.2. The Balaban J connectivity index is 2.56. The lowest BCUT2D eigenvalue weighted by atomic mass is 9.94. The number of carboxylic acids is 1. The molecule has 0 radical (unpaired) electrons. The maximum absolute atomic E-state index is 12.2. The topological polar surface area (TPSA) is 66.4 Å². The third kappa shape index (κ3) is 4.22. The molecule has 1 amide bonds. The van der Waals surface area contributed by atoms with Gasteiger partial charge in [0.1, 0.15) is 0 Å². The first kappa shape index (κ1) is 16.0. The monoisotopic (exact) mass is 269 g/mol. The normalized spacial score (nSPS) is 28.4. The summed E-state index contributed by atoms with van der Waals surface area (Å²) >= 11 is 0. The van der Waals surface area contributed by atoms with Crippen LogP contribution in [0.1, 0.15) is 47.0 Å². The van der Waals surface area contributed by atoms with Crippen molar-refractivity contribution in [3.8, 4) is 0 Å². The predicted molar refractivity (Wildman–Crippen MR) is 74.6 cm³/mol. The molecule has 0 bridgehead atoms. The van der Waals surface area contributed by atoms with Crippen LogP contribution in [0.3, 0.4) is 0 Å². The van der Waals surface area contributed by atoms with Crippen LogP contribution in [-0.4, -0.2) is 23.5 Å². The van der Waals surface area contributed by atoms with Gasteiger partial charge in [-0.3, -0.25) is 9.59 Å². The zero-order valence-electron chi connectivity index (χ0n) is 12.5. The van der Waals surface area contributed by atoms with Gasteiger partial charge in [0.25, 0.3) is 0 Å². The zero-order valence-corrected chi connectivity index (χ0v) is 12.5. The third-order valence-electron chi connectivity index (χ3n) is 4.63. The van der Waals surface area contributed by atoms with Gasteiger partial charge in [0.15, 0.2) is 0 Å². The first-order valence-corrected chi connectivity index (χ1v) is 7.37. The molecule has 110 valence electrons. The Kier molecular flexibility index (Phi) is 5.83. The van der Waals surface area contributed by atoms with Crippen LogP contribution in [0.15, 0.2) is 0 Å². The van der Waals surface area contributed by atoms with Crippen LogP contribution < -0.4 is 5.32 Å². The molecule has 4 atom stereocenters. The maximum Gasteiger partial charge on any atom is 0.307 e. The molecule has 4 nitrogen and oxygen atoms in total. The van der Waals surface area contributed by atoms with E-state index in [1.807, 2.05) is 0 Å². The summed E-state index contributed by atoms with van der Waals surface area (Å²) in [5.74, 6) is -0.442. The largest absolute Gasteiger partial charge is 0.481 e. The summed E-state index contributed by atoms with van der Waals surface area (Å²) in [6, 6.07) is 0. The number of carboxylic acid groups (broad SMARTS) is 1. The summed E-state index contributed by atoms with van der Waals surface area (Å²) < 4.78 is 0. The van der Waals surface area contributed by atoms with Gasteiger partial charge < -0.3 is 10.4 Å². The number of rotatable bonds is 6. The molecule has 1 rings (SSSR count). The van der Waals surface area contributed by atoms with Crippen molar-refractivity contribution in [2.75, 3.05) is 6.54 Å². The highest BCUT2D eigenvalue weighted by Gasteiger charge is 2.41. The number of hydrogen-bond acceptors (Lipinski definition) is 2. The lowest BCUT2D eigenvalue weighted by Crippen LogP contribution is -2.38. The number of carbonyl (C=O) groups excluding carboxylic acids is 1. The first-order valence-electron chi connectivity index (χ1n) is 7.37. The summed E-state index contributed by atoms with van der Waals surface area (Å²) in [6.45, 7) is 9.04. The fourth-order valence-electron chi connectivity index (χ4n) is 2.67. The maximum atomic E-state index is 12.2. The smallest absolute Gasteiger partial charge is 0.307 e. The van der Waals surface area contributed by atoms with E-state index < -0.39 is 11.9 Å². The van der Waals surface area contributed by atoms with Gasteiger partial charge in [-0.05, 0) is 30.6 Å². The van der Waals surface area contributed by atoms with Gasteiger partial charge in [-0.25, -0.2) is 0 Å². The summed E-state index contributed by atoms with van der Waals surface area (Å²) in [7, 11) is 0. The Hall–Kier alpha value is -1.06. The van der Waals surface area contributed by atoms with Crippen LogP contribution in [0, 0.1) is 29.6 Å². The molecule has 1 aliphatic rings. The second kappa shape index (κ2) is 6.92. The van der Waals surface area contributed by atoms with E-state index in [2.05, 4.69) is 33.0 Å². The van der Waals surface area contributed by atoms with Crippen LogP contribution in [0.4, 0.5) is 0 Å². The van der Waals surface area contributed by atoms with Crippen molar-refractivity contribution in [3.05, 3.63) is 0 Å². The van der Waals surface area contributed by atoms with Crippen molar-refractivity contribution in [2.45, 2.75) is 47.0 Å². The van der Waals surface area contributed by atoms with Crippen LogP contribution >= 0.6 is 0 Å². The van der Waals surface area contributed by atoms with E-state index in [4.69, 9.17) is 0 Å². The molecule has 2 N–H and O–H groups in total. The second-order valence-corrected chi connectivity index (χ2v) is 6.26. The van der Waals surface area contributed by atoms with Crippen molar-refractivity contribution in [1.82, 2.24) is 5.32 Å². The molecule has 4 unspecified atom stereocenters. The van der Waals surface area contributed by atoms with E-state index in [1.165, 1.54) is 0 Å². The Morgan fingerprint density at radius 2 is 1.79 bits per heavy atom. The molecule has 1 fully saturated rings. The number of aliphatic carboxylic acids is 1. The molecule has 0 heterocycles. The van der Waals surface area contributed by atoms with Gasteiger partial charge in [-0.1, -0.05) is 34.1 Å². The van der Waals surface area contributed by atoms with Crippen LogP contribution in [0.25, 0.3) is 0 Å². The fourth-order valence-corrected chi connectivity index (χ4v) is 2.67. The van der Waals surface area contributed by atoms with Gasteiger partial charge >= 0.3 is 5.97 Å². The van der Waals surface area contributed by atoms with Gasteiger partial charge in [0.2, 0.25) is 5.91 Å². The Morgan fingerprint density at radius 1 is 1.21 bits per heavy atom. The standard InChI is InChI=1S/C15H27NO3/c1-5-11-6-12(13(7-11)15(18)19)14(17)16-8-10(4)9(2)3/h9-13H,5-8H2,1-4H3,(H,16,17)(H,18,19). The minimum Gasteiger partial charge on any atom is -0.481 e. The highest BCUT2D eigenvalue weighted by atomic mass is 16.4. The molecule has 0 aromatic rings. The van der Waals surface area contributed by atoms with Crippen LogP contribution in [0.2, 0.25) is 0 Å². The molecule has 4 heteroatoms. The Labute approximate surface area is 116 Å². The average molecular weight is 269 g/mol. The van der Waals surface area contributed by atoms with Gasteiger partial charge in [0, 0.05) is 6.54 Å². The van der Waals surface area contributed by atoms with Gasteiger partial charge in [0.05, 0.1) is 11.8 Å². The molecular formula is C15H27NO3. The third-order valence-corrected chi connectivity index (χ3v) is 4.63. The molecule has 0 aromatic carbocycles. The predicted octanol–water partition coefficient (Wildman–Crippen LogP) is 2.53. The molecule has 0 aliphatic heterocycles. The number of nitrogens with one attached hydrogen (secondary N) is 1. The Morgan fingerprint density at radius 3 is 2.26 bits per heavy atom. The number of amides is 1. The molecular weight excluding hydrogens is 242 g/mol. The van der Waals surface area contributed by atoms with E-state index >= 15 is 0 Å². The van der Waals surface area contributed by atoms with Gasteiger partial charge in [-0.15, -0.1) is 0 Å². The van der Waals surface area contributed by atoms with E-state index in [-0.39, 0.29) is 11.8 Å². The highest BCUT2D eigenvalue weighted by molar-refractivity contribution is 5.85. The lowest BCUT2D eigenvalue weighted by Gasteiger charge is -2.19. The van der Waals surface area contributed by atoms with Crippen molar-refractivity contribution in [1.29, 1.82) is 0 Å². The summed E-state index contributed by atoms with van der Waals surface area (Å²) in [6.07, 6.45) is 2.31. The summed E-state index contributed by atoms with van der Waals surface area (Å²) in [4.78, 5) is 23.4. The van der Waals surface area contributed by atoms with Gasteiger partial charge in [-0.2, -0.15) is 0 Å². The van der Waals surface area contributed by atoms with Crippen molar-refractivity contribution < 1.29 is 14.7 Å². The minimum atomic E-state index is -0.826. The second-order valence-electron chi connectivity index (χ2n) is 6.26. The van der Waals surface area contributed by atoms with E-state index in [1.54, 1.807) is 0 Å². The quantitative estimate of drug-likeness (QED) is 0.778. The lowest BCUT2D eigenvalue weighted by molar-refractivity contribution is -0.146. The zero-order chi connectivity index (χ0) is 14.6. The van der Waals surface area contributed by atoms with Crippen molar-refractivity contribution in [3.63, 3.8) is 0 Å². The molecule has 1 saturated carbocycles.